The molecule has 4 nitrogen and oxygen atoms in total. The lowest BCUT2D eigenvalue weighted by molar-refractivity contribution is 0.295. The topological polar surface area (TPSA) is 53.1 Å². The smallest absolute Gasteiger partial charge is 0.142 e. The second-order valence-corrected chi connectivity index (χ2v) is 4.16. The van der Waals surface area contributed by atoms with E-state index in [1.54, 1.807) is 18.3 Å². The van der Waals surface area contributed by atoms with Crippen molar-refractivity contribution in [2.24, 2.45) is 5.73 Å². The van der Waals surface area contributed by atoms with Crippen molar-refractivity contribution in [3.05, 3.63) is 47.8 Å². The van der Waals surface area contributed by atoms with Gasteiger partial charge in [0.25, 0.3) is 0 Å². The number of aromatic nitrogens is 2. The number of rotatable bonds is 4. The predicted octanol–water partition coefficient (Wildman–Crippen LogP) is 1.72. The van der Waals surface area contributed by atoms with Gasteiger partial charge in [0.05, 0.1) is 18.7 Å². The van der Waals surface area contributed by atoms with Crippen molar-refractivity contribution in [3.63, 3.8) is 0 Å². The second-order valence-electron chi connectivity index (χ2n) is 4.16. The fourth-order valence-corrected chi connectivity index (χ4v) is 1.74. The highest BCUT2D eigenvalue weighted by Gasteiger charge is 2.03. The Morgan fingerprint density at radius 2 is 2.30 bits per heavy atom. The summed E-state index contributed by atoms with van der Waals surface area (Å²) in [4.78, 5) is 4.12. The summed E-state index contributed by atoms with van der Waals surface area (Å²) < 4.78 is 21.2. The Morgan fingerprint density at radius 1 is 1.45 bits per heavy atom. The van der Waals surface area contributed by atoms with Gasteiger partial charge in [-0.25, -0.2) is 9.37 Å². The Morgan fingerprint density at radius 3 is 2.95 bits per heavy atom. The van der Waals surface area contributed by atoms with E-state index < -0.39 is 5.82 Å². The Kier molecular flexibility index (Phi) is 4.75. The monoisotopic (exact) mass is 273 g/mol. The summed E-state index contributed by atoms with van der Waals surface area (Å²) in [6.07, 6.45) is 3.62. The third kappa shape index (κ3) is 3.59. The zero-order chi connectivity index (χ0) is 14.4. The highest BCUT2D eigenvalue weighted by atomic mass is 19.1. The molecule has 0 radical (unpaired) electrons. The maximum atomic E-state index is 13.7. The lowest BCUT2D eigenvalue weighted by atomic mass is 10.2. The van der Waals surface area contributed by atoms with Gasteiger partial charge in [-0.15, -0.1) is 0 Å². The standard InChI is InChI=1S/C15H16FN3O/c1-12-18-7-8-19(12)9-10-20-14-5-4-13(3-2-6-17)15(16)11-14/h4-5,7-8,11H,6,9-10,17H2,1H3. The molecule has 1 heterocycles. The molecule has 0 aliphatic carbocycles. The van der Waals surface area contributed by atoms with Gasteiger partial charge in [0, 0.05) is 18.5 Å². The van der Waals surface area contributed by atoms with E-state index in [1.807, 2.05) is 17.7 Å². The first-order valence-corrected chi connectivity index (χ1v) is 6.29. The number of aryl methyl sites for hydroxylation is 1. The summed E-state index contributed by atoms with van der Waals surface area (Å²) in [6, 6.07) is 4.63. The van der Waals surface area contributed by atoms with Gasteiger partial charge in [-0.1, -0.05) is 11.8 Å². The highest BCUT2D eigenvalue weighted by Crippen LogP contribution is 2.16. The predicted molar refractivity (Wildman–Crippen MR) is 74.8 cm³/mol. The van der Waals surface area contributed by atoms with Crippen molar-refractivity contribution in [2.75, 3.05) is 13.2 Å². The molecule has 2 aromatic rings. The zero-order valence-electron chi connectivity index (χ0n) is 11.3. The molecule has 0 saturated heterocycles. The second kappa shape index (κ2) is 6.73. The summed E-state index contributed by atoms with van der Waals surface area (Å²) in [5, 5.41) is 0. The van der Waals surface area contributed by atoms with Crippen molar-refractivity contribution in [3.8, 4) is 17.6 Å². The van der Waals surface area contributed by atoms with E-state index >= 15 is 0 Å². The summed E-state index contributed by atoms with van der Waals surface area (Å²) in [7, 11) is 0. The fraction of sp³-hybridized carbons (Fsp3) is 0.267. The van der Waals surface area contributed by atoms with Crippen molar-refractivity contribution in [1.82, 2.24) is 9.55 Å². The van der Waals surface area contributed by atoms with E-state index in [0.29, 0.717) is 24.5 Å². The molecule has 0 saturated carbocycles. The largest absolute Gasteiger partial charge is 0.492 e. The summed E-state index contributed by atoms with van der Waals surface area (Å²) in [5.41, 5.74) is 5.58. The van der Waals surface area contributed by atoms with Gasteiger partial charge >= 0.3 is 0 Å². The maximum absolute atomic E-state index is 13.7. The van der Waals surface area contributed by atoms with E-state index in [-0.39, 0.29) is 6.54 Å². The molecule has 20 heavy (non-hydrogen) atoms. The van der Waals surface area contributed by atoms with Crippen LogP contribution in [0.15, 0.2) is 30.6 Å². The minimum absolute atomic E-state index is 0.210. The van der Waals surface area contributed by atoms with Gasteiger partial charge in [-0.05, 0) is 19.1 Å². The number of nitrogens with two attached hydrogens (primary N) is 1. The van der Waals surface area contributed by atoms with Crippen LogP contribution in [0.2, 0.25) is 0 Å². The molecule has 104 valence electrons. The zero-order valence-corrected chi connectivity index (χ0v) is 11.3. The van der Waals surface area contributed by atoms with Gasteiger partial charge in [-0.2, -0.15) is 0 Å². The number of halogens is 1. The molecular formula is C15H16FN3O. The van der Waals surface area contributed by atoms with Gasteiger partial charge in [-0.3, -0.25) is 0 Å². The summed E-state index contributed by atoms with van der Waals surface area (Å²) in [6.45, 7) is 3.25. The molecule has 2 N–H and O–H groups in total. The Labute approximate surface area is 117 Å². The summed E-state index contributed by atoms with van der Waals surface area (Å²) in [5.74, 6) is 6.29. The number of benzene rings is 1. The van der Waals surface area contributed by atoms with Crippen molar-refractivity contribution in [2.45, 2.75) is 13.5 Å². The molecule has 1 aromatic carbocycles. The molecule has 0 unspecified atom stereocenters. The van der Waals surface area contributed by atoms with Crippen LogP contribution >= 0.6 is 0 Å². The van der Waals surface area contributed by atoms with E-state index in [2.05, 4.69) is 16.8 Å². The average molecular weight is 273 g/mol. The number of imidazole rings is 1. The van der Waals surface area contributed by atoms with Crippen molar-refractivity contribution in [1.29, 1.82) is 0 Å². The molecule has 0 amide bonds. The molecule has 0 aliphatic heterocycles. The van der Waals surface area contributed by atoms with Crippen LogP contribution in [0.1, 0.15) is 11.4 Å². The van der Waals surface area contributed by atoms with Crippen LogP contribution in [0.25, 0.3) is 0 Å². The Balaban J connectivity index is 1.94. The van der Waals surface area contributed by atoms with Crippen LogP contribution in [-0.2, 0) is 6.54 Å². The SMILES string of the molecule is Cc1nccn1CCOc1ccc(C#CCN)c(F)c1. The Hall–Kier alpha value is -2.32. The highest BCUT2D eigenvalue weighted by molar-refractivity contribution is 5.39. The third-order valence-electron chi connectivity index (χ3n) is 2.79. The molecule has 0 atom stereocenters. The molecule has 2 rings (SSSR count). The van der Waals surface area contributed by atoms with Crippen molar-refractivity contribution >= 4 is 0 Å². The summed E-state index contributed by atoms with van der Waals surface area (Å²) >= 11 is 0. The van der Waals surface area contributed by atoms with E-state index in [0.717, 1.165) is 5.82 Å². The van der Waals surface area contributed by atoms with Crippen LogP contribution in [0.5, 0.6) is 5.75 Å². The van der Waals surface area contributed by atoms with Gasteiger partial charge in [0.2, 0.25) is 0 Å². The first-order valence-electron chi connectivity index (χ1n) is 6.29. The fourth-order valence-electron chi connectivity index (χ4n) is 1.74. The quantitative estimate of drug-likeness (QED) is 0.863. The van der Waals surface area contributed by atoms with E-state index in [9.17, 15) is 4.39 Å². The average Bonchev–Trinajstić information content (AvgIpc) is 2.84. The van der Waals surface area contributed by atoms with Gasteiger partial charge in [0.1, 0.15) is 24.0 Å². The van der Waals surface area contributed by atoms with Crippen LogP contribution in [-0.4, -0.2) is 22.7 Å². The molecule has 1 aromatic heterocycles. The third-order valence-corrected chi connectivity index (χ3v) is 2.79. The molecular weight excluding hydrogens is 257 g/mol. The number of nitrogens with zero attached hydrogens (tertiary/aromatic N) is 2. The number of ether oxygens (including phenoxy) is 1. The first-order chi connectivity index (χ1) is 9.70. The van der Waals surface area contributed by atoms with Crippen LogP contribution in [0, 0.1) is 24.6 Å². The molecule has 0 aliphatic rings. The van der Waals surface area contributed by atoms with E-state index in [4.69, 9.17) is 10.5 Å². The van der Waals surface area contributed by atoms with E-state index in [1.165, 1.54) is 6.07 Å². The van der Waals surface area contributed by atoms with Crippen molar-refractivity contribution < 1.29 is 9.13 Å². The first kappa shape index (κ1) is 14.1. The number of hydrogen-bond donors (Lipinski definition) is 1. The molecule has 0 bridgehead atoms. The molecule has 0 fully saturated rings. The lowest BCUT2D eigenvalue weighted by Gasteiger charge is -2.08. The van der Waals surface area contributed by atoms with Crippen LogP contribution in [0.3, 0.4) is 0 Å². The normalized spacial score (nSPS) is 9.95. The van der Waals surface area contributed by atoms with Gasteiger partial charge in [0.15, 0.2) is 0 Å². The minimum Gasteiger partial charge on any atom is -0.492 e. The molecule has 0 spiro atoms. The van der Waals surface area contributed by atoms with Crippen LogP contribution in [0.4, 0.5) is 4.39 Å². The Bertz CT molecular complexity index is 640. The number of hydrogen-bond acceptors (Lipinski definition) is 3. The molecule has 5 heteroatoms. The lowest BCUT2D eigenvalue weighted by Crippen LogP contribution is -2.08. The maximum Gasteiger partial charge on any atom is 0.142 e. The van der Waals surface area contributed by atoms with Crippen LogP contribution < -0.4 is 10.5 Å². The van der Waals surface area contributed by atoms with Gasteiger partial charge < -0.3 is 15.0 Å². The minimum atomic E-state index is -0.401.